The Labute approximate surface area is 366 Å². The Balaban J connectivity index is 0.977. The summed E-state index contributed by atoms with van der Waals surface area (Å²) >= 11 is 0. The van der Waals surface area contributed by atoms with Crippen molar-refractivity contribution >= 4 is 39.0 Å². The lowest BCUT2D eigenvalue weighted by atomic mass is 9.68. The highest BCUT2D eigenvalue weighted by Gasteiger charge is 2.53. The molecule has 0 saturated heterocycles. The van der Waals surface area contributed by atoms with Crippen LogP contribution in [0.15, 0.2) is 241 Å². The molecule has 0 saturated carbocycles. The van der Waals surface area contributed by atoms with Crippen molar-refractivity contribution in [1.82, 2.24) is 0 Å². The Kier molecular flexibility index (Phi) is 7.85. The number of nitrogens with zero attached hydrogens (tertiary/aromatic N) is 1. The summed E-state index contributed by atoms with van der Waals surface area (Å²) < 4.78 is 6.81. The second kappa shape index (κ2) is 13.9. The minimum Gasteiger partial charge on any atom is -0.455 e. The van der Waals surface area contributed by atoms with Crippen molar-refractivity contribution in [3.63, 3.8) is 0 Å². The molecule has 294 valence electrons. The zero-order chi connectivity index (χ0) is 41.5. The second-order valence-electron chi connectivity index (χ2n) is 16.7. The standard InChI is InChI=1S/C61H39NO/c1-3-14-40(15-4-1)42-26-32-45(33-27-42)62(46-34-28-43(29-35-46)41-16-5-2-6-17-41)47-36-30-44(31-37-47)48-21-13-22-51-49-18-7-10-23-54(49)61(59(48)51)55-24-11-8-20-53(55)58-56(61)39-38-52-50-19-9-12-25-57(50)63-60(52)58/h1-39H. The van der Waals surface area contributed by atoms with Crippen LogP contribution in [0.5, 0.6) is 0 Å². The van der Waals surface area contributed by atoms with Crippen LogP contribution in [0, 0.1) is 0 Å². The maximum atomic E-state index is 6.81. The SMILES string of the molecule is c1ccc(-c2ccc(N(c3ccc(-c4ccccc4)cc3)c3ccc(-c4cccc5c4C4(c6ccccc6-5)c5ccccc5-c5c4ccc4c5oc5ccccc54)cc3)cc2)cc1. The van der Waals surface area contributed by atoms with Gasteiger partial charge in [-0.2, -0.15) is 0 Å². The molecule has 2 aliphatic carbocycles. The van der Waals surface area contributed by atoms with Gasteiger partial charge in [0.15, 0.2) is 0 Å². The summed E-state index contributed by atoms with van der Waals surface area (Å²) in [4.78, 5) is 2.36. The third-order valence-corrected chi connectivity index (χ3v) is 13.5. The summed E-state index contributed by atoms with van der Waals surface area (Å²) in [5, 5.41) is 2.30. The Hall–Kier alpha value is -8.20. The fourth-order valence-electron chi connectivity index (χ4n) is 10.8. The summed E-state index contributed by atoms with van der Waals surface area (Å²) in [7, 11) is 0. The molecule has 0 N–H and O–H groups in total. The predicted octanol–water partition coefficient (Wildman–Crippen LogP) is 16.4. The normalized spacial score (nSPS) is 14.4. The van der Waals surface area contributed by atoms with Gasteiger partial charge < -0.3 is 9.32 Å². The fourth-order valence-corrected chi connectivity index (χ4v) is 10.8. The summed E-state index contributed by atoms with van der Waals surface area (Å²) in [5.74, 6) is 0. The van der Waals surface area contributed by atoms with E-state index in [0.29, 0.717) is 0 Å². The largest absolute Gasteiger partial charge is 0.455 e. The summed E-state index contributed by atoms with van der Waals surface area (Å²) in [5.41, 5.74) is 22.0. The van der Waals surface area contributed by atoms with Crippen LogP contribution in [0.4, 0.5) is 17.1 Å². The van der Waals surface area contributed by atoms with Gasteiger partial charge in [-0.15, -0.1) is 0 Å². The third-order valence-electron chi connectivity index (χ3n) is 13.5. The molecule has 0 amide bonds. The highest BCUT2D eigenvalue weighted by molar-refractivity contribution is 6.13. The van der Waals surface area contributed by atoms with Crippen molar-refractivity contribution in [2.24, 2.45) is 0 Å². The molecular formula is C61H39NO. The van der Waals surface area contributed by atoms with Crippen LogP contribution in [0.1, 0.15) is 22.3 Å². The van der Waals surface area contributed by atoms with Crippen LogP contribution in [-0.4, -0.2) is 0 Å². The maximum Gasteiger partial charge on any atom is 0.143 e. The first-order valence-corrected chi connectivity index (χ1v) is 21.8. The molecule has 2 aliphatic rings. The molecule has 10 aromatic carbocycles. The lowest BCUT2D eigenvalue weighted by Gasteiger charge is -2.32. The van der Waals surface area contributed by atoms with Gasteiger partial charge in [0.2, 0.25) is 0 Å². The molecule has 1 atom stereocenters. The fraction of sp³-hybridized carbons (Fsp3) is 0.0164. The van der Waals surface area contributed by atoms with Crippen LogP contribution in [0.2, 0.25) is 0 Å². The van der Waals surface area contributed by atoms with Crippen LogP contribution in [0.25, 0.3) is 77.6 Å². The topological polar surface area (TPSA) is 16.4 Å². The molecule has 2 nitrogen and oxygen atoms in total. The predicted molar refractivity (Wildman–Crippen MR) is 261 cm³/mol. The van der Waals surface area contributed by atoms with Gasteiger partial charge in [0.1, 0.15) is 11.2 Å². The molecule has 13 rings (SSSR count). The van der Waals surface area contributed by atoms with Gasteiger partial charge in [-0.1, -0.05) is 194 Å². The number of para-hydroxylation sites is 1. The van der Waals surface area contributed by atoms with Gasteiger partial charge >= 0.3 is 0 Å². The molecule has 0 radical (unpaired) electrons. The molecule has 2 heteroatoms. The van der Waals surface area contributed by atoms with E-state index in [1.54, 1.807) is 0 Å². The number of furan rings is 1. The molecule has 0 fully saturated rings. The van der Waals surface area contributed by atoms with Crippen molar-refractivity contribution in [3.05, 3.63) is 259 Å². The summed E-state index contributed by atoms with van der Waals surface area (Å²) in [6.45, 7) is 0. The molecule has 63 heavy (non-hydrogen) atoms. The average Bonchev–Trinajstić information content (AvgIpc) is 4.00. The van der Waals surface area contributed by atoms with Crippen LogP contribution in [0.3, 0.4) is 0 Å². The first-order valence-electron chi connectivity index (χ1n) is 21.8. The number of rotatable bonds is 6. The Morgan fingerprint density at radius 3 is 1.41 bits per heavy atom. The van der Waals surface area contributed by atoms with E-state index in [0.717, 1.165) is 39.0 Å². The van der Waals surface area contributed by atoms with Gasteiger partial charge in [-0.05, 0) is 115 Å². The Morgan fingerprint density at radius 2 is 0.778 bits per heavy atom. The van der Waals surface area contributed by atoms with E-state index in [1.807, 2.05) is 0 Å². The van der Waals surface area contributed by atoms with Crippen LogP contribution in [-0.2, 0) is 5.41 Å². The number of fused-ring (bicyclic) bond motifs is 14. The third kappa shape index (κ3) is 5.25. The first-order chi connectivity index (χ1) is 31.3. The van der Waals surface area contributed by atoms with E-state index in [4.69, 9.17) is 4.42 Å². The minimum absolute atomic E-state index is 0.534. The van der Waals surface area contributed by atoms with Crippen molar-refractivity contribution in [3.8, 4) is 55.6 Å². The smallest absolute Gasteiger partial charge is 0.143 e. The molecule has 1 spiro atoms. The van der Waals surface area contributed by atoms with Crippen LogP contribution >= 0.6 is 0 Å². The van der Waals surface area contributed by atoms with Gasteiger partial charge in [-0.3, -0.25) is 0 Å². The molecule has 1 aromatic heterocycles. The molecular weight excluding hydrogens is 763 g/mol. The van der Waals surface area contributed by atoms with Crippen molar-refractivity contribution in [2.75, 3.05) is 4.90 Å². The number of benzene rings is 10. The minimum atomic E-state index is -0.534. The van der Waals surface area contributed by atoms with Crippen molar-refractivity contribution in [2.45, 2.75) is 5.41 Å². The second-order valence-corrected chi connectivity index (χ2v) is 16.7. The average molecular weight is 802 g/mol. The quantitative estimate of drug-likeness (QED) is 0.167. The van der Waals surface area contributed by atoms with Crippen molar-refractivity contribution in [1.29, 1.82) is 0 Å². The Bertz CT molecular complexity index is 3450. The first kappa shape index (κ1) is 35.5. The lowest BCUT2D eigenvalue weighted by molar-refractivity contribution is 0.669. The highest BCUT2D eigenvalue weighted by atomic mass is 16.3. The molecule has 0 bridgehead atoms. The van der Waals surface area contributed by atoms with E-state index in [2.05, 4.69) is 241 Å². The van der Waals surface area contributed by atoms with Gasteiger partial charge in [0, 0.05) is 33.4 Å². The van der Waals surface area contributed by atoms with Gasteiger partial charge in [0.05, 0.1) is 5.41 Å². The summed E-state index contributed by atoms with van der Waals surface area (Å²) in [6.07, 6.45) is 0. The van der Waals surface area contributed by atoms with E-state index in [1.165, 1.54) is 77.9 Å². The van der Waals surface area contributed by atoms with Gasteiger partial charge in [-0.25, -0.2) is 0 Å². The number of hydrogen-bond donors (Lipinski definition) is 0. The molecule has 1 heterocycles. The van der Waals surface area contributed by atoms with Crippen LogP contribution < -0.4 is 4.90 Å². The number of hydrogen-bond acceptors (Lipinski definition) is 2. The van der Waals surface area contributed by atoms with E-state index < -0.39 is 5.41 Å². The maximum absolute atomic E-state index is 6.81. The number of anilines is 3. The summed E-state index contributed by atoms with van der Waals surface area (Å²) in [6, 6.07) is 86.3. The van der Waals surface area contributed by atoms with E-state index >= 15 is 0 Å². The highest BCUT2D eigenvalue weighted by Crippen LogP contribution is 2.65. The monoisotopic (exact) mass is 801 g/mol. The zero-order valence-corrected chi connectivity index (χ0v) is 34.4. The van der Waals surface area contributed by atoms with Gasteiger partial charge in [0.25, 0.3) is 0 Å². The van der Waals surface area contributed by atoms with E-state index in [9.17, 15) is 0 Å². The Morgan fingerprint density at radius 1 is 0.302 bits per heavy atom. The van der Waals surface area contributed by atoms with Crippen molar-refractivity contribution < 1.29 is 4.42 Å². The zero-order valence-electron chi connectivity index (χ0n) is 34.4. The molecule has 11 aromatic rings. The van der Waals surface area contributed by atoms with E-state index in [-0.39, 0.29) is 0 Å². The molecule has 0 aliphatic heterocycles. The molecule has 1 unspecified atom stereocenters. The lowest BCUT2D eigenvalue weighted by Crippen LogP contribution is -2.26.